The third-order valence-electron chi connectivity index (χ3n) is 7.84. The van der Waals surface area contributed by atoms with Gasteiger partial charge in [0.25, 0.3) is 5.92 Å². The Balaban J connectivity index is 1.61. The molecule has 2 amide bonds. The van der Waals surface area contributed by atoms with Crippen LogP contribution < -0.4 is 4.74 Å². The van der Waals surface area contributed by atoms with Gasteiger partial charge in [-0.2, -0.15) is 0 Å². The maximum atomic E-state index is 15.1. The Morgan fingerprint density at radius 2 is 1.75 bits per heavy atom. The van der Waals surface area contributed by atoms with Crippen LogP contribution in [0.25, 0.3) is 11.1 Å². The zero-order valence-corrected chi connectivity index (χ0v) is 20.6. The number of halogens is 3. The van der Waals surface area contributed by atoms with Gasteiger partial charge in [0.05, 0.1) is 19.6 Å². The van der Waals surface area contributed by atoms with Crippen LogP contribution in [0.4, 0.5) is 18.0 Å². The molecule has 3 heterocycles. The molecule has 1 N–H and O–H groups in total. The van der Waals surface area contributed by atoms with Gasteiger partial charge in [-0.3, -0.25) is 4.79 Å². The van der Waals surface area contributed by atoms with Crippen molar-refractivity contribution >= 4 is 12.0 Å². The van der Waals surface area contributed by atoms with Gasteiger partial charge in [0.15, 0.2) is 11.6 Å². The minimum Gasteiger partial charge on any atom is -0.490 e. The van der Waals surface area contributed by atoms with Crippen molar-refractivity contribution < 1.29 is 32.6 Å². The van der Waals surface area contributed by atoms with Gasteiger partial charge in [-0.15, -0.1) is 0 Å². The van der Waals surface area contributed by atoms with Crippen molar-refractivity contribution in [2.45, 2.75) is 65.5 Å². The molecule has 0 bridgehead atoms. The maximum Gasteiger partial charge on any atom is 0.320 e. The summed E-state index contributed by atoms with van der Waals surface area (Å²) in [4.78, 5) is 27.7. The highest BCUT2D eigenvalue weighted by Crippen LogP contribution is 2.44. The Hall–Kier alpha value is -3.23. The highest BCUT2D eigenvalue weighted by Gasteiger charge is 2.42. The molecule has 0 saturated carbocycles. The lowest BCUT2D eigenvalue weighted by Gasteiger charge is -2.25. The Morgan fingerprint density at radius 3 is 2.39 bits per heavy atom. The molecule has 9 heteroatoms. The minimum absolute atomic E-state index is 0.00181. The number of hydrogen-bond acceptors (Lipinski definition) is 3. The largest absolute Gasteiger partial charge is 0.490 e. The lowest BCUT2D eigenvalue weighted by Crippen LogP contribution is -2.40. The number of rotatable bonds is 3. The molecule has 0 spiro atoms. The number of hydrogen-bond donors (Lipinski definition) is 1. The third kappa shape index (κ3) is 3.98. The molecular formula is C27H29F3N2O4. The molecule has 2 aromatic carbocycles. The summed E-state index contributed by atoms with van der Waals surface area (Å²) >= 11 is 0. The van der Waals surface area contributed by atoms with Gasteiger partial charge in [-0.05, 0) is 84.2 Å². The van der Waals surface area contributed by atoms with E-state index in [1.165, 1.54) is 15.9 Å². The number of ether oxygens (including phenoxy) is 1. The number of carboxylic acid groups (broad SMARTS) is 1. The van der Waals surface area contributed by atoms with Crippen LogP contribution in [0.3, 0.4) is 0 Å². The van der Waals surface area contributed by atoms with E-state index in [2.05, 4.69) is 0 Å². The number of urea groups is 1. The Morgan fingerprint density at radius 1 is 1.06 bits per heavy atom. The predicted octanol–water partition coefficient (Wildman–Crippen LogP) is 5.15. The Labute approximate surface area is 207 Å². The number of nitrogens with zero attached hydrogens (tertiary/aromatic N) is 2. The smallest absolute Gasteiger partial charge is 0.320 e. The quantitative estimate of drug-likeness (QED) is 0.631. The van der Waals surface area contributed by atoms with Crippen LogP contribution in [0.15, 0.2) is 6.07 Å². The van der Waals surface area contributed by atoms with Crippen LogP contribution >= 0.6 is 0 Å². The standard InChI is InChI=1S/C27H29F3N2O4/c1-14-17-5-4-8-36-25(17)22(28)9-18(14)24-16(3)21-12-32(26(35)31-7-6-27(29,30)13-31)11-20(21)15(2)19(24)10-23(33)34/h9H,4-8,10-13H2,1-3H3,(H,33,34). The summed E-state index contributed by atoms with van der Waals surface area (Å²) in [6, 6.07) is 0.972. The van der Waals surface area contributed by atoms with E-state index in [4.69, 9.17) is 4.74 Å². The van der Waals surface area contributed by atoms with E-state index in [9.17, 15) is 23.5 Å². The van der Waals surface area contributed by atoms with Crippen molar-refractivity contribution in [3.05, 3.63) is 50.8 Å². The minimum atomic E-state index is -2.88. The summed E-state index contributed by atoms with van der Waals surface area (Å²) in [6.07, 6.45) is 0.840. The number of likely N-dealkylation sites (tertiary alicyclic amines) is 1. The zero-order chi connectivity index (χ0) is 25.9. The van der Waals surface area contributed by atoms with Crippen molar-refractivity contribution in [3.8, 4) is 16.9 Å². The Kier molecular flexibility index (Phi) is 5.92. The number of benzene rings is 2. The van der Waals surface area contributed by atoms with E-state index in [-0.39, 0.29) is 38.2 Å². The molecule has 0 atom stereocenters. The van der Waals surface area contributed by atoms with Crippen LogP contribution in [-0.2, 0) is 30.7 Å². The van der Waals surface area contributed by atoms with Gasteiger partial charge in [-0.1, -0.05) is 0 Å². The van der Waals surface area contributed by atoms with Crippen molar-refractivity contribution in [3.63, 3.8) is 0 Å². The number of alkyl halides is 2. The number of carboxylic acids is 1. The predicted molar refractivity (Wildman–Crippen MR) is 127 cm³/mol. The molecule has 0 radical (unpaired) electrons. The molecular weight excluding hydrogens is 473 g/mol. The maximum absolute atomic E-state index is 15.1. The van der Waals surface area contributed by atoms with Gasteiger partial charge in [-0.25, -0.2) is 18.0 Å². The van der Waals surface area contributed by atoms with Crippen LogP contribution in [0.2, 0.25) is 0 Å². The van der Waals surface area contributed by atoms with E-state index in [0.717, 1.165) is 39.8 Å². The fourth-order valence-electron chi connectivity index (χ4n) is 5.95. The molecule has 3 aliphatic rings. The Bertz CT molecular complexity index is 1290. The summed E-state index contributed by atoms with van der Waals surface area (Å²) < 4.78 is 48.2. The second kappa shape index (κ2) is 8.71. The average Bonchev–Trinajstić information content (AvgIpc) is 3.43. The van der Waals surface area contributed by atoms with Crippen molar-refractivity contribution in [2.24, 2.45) is 0 Å². The summed E-state index contributed by atoms with van der Waals surface area (Å²) in [7, 11) is 0. The lowest BCUT2D eigenvalue weighted by atomic mass is 9.81. The van der Waals surface area contributed by atoms with E-state index in [1.54, 1.807) is 0 Å². The lowest BCUT2D eigenvalue weighted by molar-refractivity contribution is -0.136. The van der Waals surface area contributed by atoms with Crippen LogP contribution in [0.5, 0.6) is 5.75 Å². The fraction of sp³-hybridized carbons (Fsp3) is 0.481. The summed E-state index contributed by atoms with van der Waals surface area (Å²) in [5, 5.41) is 9.71. The van der Waals surface area contributed by atoms with Crippen molar-refractivity contribution in [1.29, 1.82) is 0 Å². The van der Waals surface area contributed by atoms with Gasteiger partial charge < -0.3 is 19.6 Å². The SMILES string of the molecule is Cc1c(-c2c(C)c3c(c(C)c2CC(=O)O)CN(C(=O)N2CCC(F)(F)C2)C3)cc(F)c2c1CCCO2. The summed E-state index contributed by atoms with van der Waals surface area (Å²) in [5.74, 6) is -4.11. The molecule has 0 aliphatic carbocycles. The van der Waals surface area contributed by atoms with E-state index >= 15 is 4.39 Å². The number of carbonyl (C=O) groups is 2. The topological polar surface area (TPSA) is 70.1 Å². The molecule has 1 saturated heterocycles. The van der Waals surface area contributed by atoms with E-state index in [0.29, 0.717) is 29.7 Å². The first-order valence-corrected chi connectivity index (χ1v) is 12.2. The molecule has 3 aliphatic heterocycles. The molecule has 6 nitrogen and oxygen atoms in total. The first kappa shape index (κ1) is 24.5. The van der Waals surface area contributed by atoms with E-state index < -0.39 is 30.3 Å². The zero-order valence-electron chi connectivity index (χ0n) is 20.6. The number of aliphatic carboxylic acids is 1. The van der Waals surface area contributed by atoms with Crippen molar-refractivity contribution in [1.82, 2.24) is 9.80 Å². The van der Waals surface area contributed by atoms with Crippen LogP contribution in [-0.4, -0.2) is 52.5 Å². The van der Waals surface area contributed by atoms with Gasteiger partial charge >= 0.3 is 12.0 Å². The molecule has 5 rings (SSSR count). The second-order valence-electron chi connectivity index (χ2n) is 10.1. The number of fused-ring (bicyclic) bond motifs is 2. The van der Waals surface area contributed by atoms with Crippen LogP contribution in [0.1, 0.15) is 51.8 Å². The van der Waals surface area contributed by atoms with Gasteiger partial charge in [0.1, 0.15) is 0 Å². The van der Waals surface area contributed by atoms with E-state index in [1.807, 2.05) is 20.8 Å². The number of carbonyl (C=O) groups excluding carboxylic acids is 1. The summed E-state index contributed by atoms with van der Waals surface area (Å²) in [5.41, 5.74) is 6.75. The average molecular weight is 503 g/mol. The fourth-order valence-corrected chi connectivity index (χ4v) is 5.95. The highest BCUT2D eigenvalue weighted by molar-refractivity contribution is 5.84. The molecule has 0 unspecified atom stereocenters. The van der Waals surface area contributed by atoms with Crippen LogP contribution in [0, 0.1) is 26.6 Å². The third-order valence-corrected chi connectivity index (χ3v) is 7.84. The van der Waals surface area contributed by atoms with Gasteiger partial charge in [0, 0.05) is 31.6 Å². The molecule has 192 valence electrons. The van der Waals surface area contributed by atoms with Gasteiger partial charge in [0.2, 0.25) is 0 Å². The molecule has 36 heavy (non-hydrogen) atoms. The second-order valence-corrected chi connectivity index (χ2v) is 10.1. The highest BCUT2D eigenvalue weighted by atomic mass is 19.3. The molecule has 2 aromatic rings. The molecule has 0 aromatic heterocycles. The number of amides is 2. The van der Waals surface area contributed by atoms with Crippen molar-refractivity contribution in [2.75, 3.05) is 19.7 Å². The monoisotopic (exact) mass is 502 g/mol. The first-order chi connectivity index (χ1) is 17.0. The normalized spacial score (nSPS) is 18.2. The molecule has 1 fully saturated rings. The summed E-state index contributed by atoms with van der Waals surface area (Å²) in [6.45, 7) is 5.91. The first-order valence-electron chi connectivity index (χ1n) is 12.2.